The SMILES string of the molecule is COc1ccc(-c2nc(C(=O)N3CCNCC3c3cccnc3)cs2)cc1.Cl.Cl. The van der Waals surface area contributed by atoms with Gasteiger partial charge in [-0.05, 0) is 35.9 Å². The van der Waals surface area contributed by atoms with Crippen molar-refractivity contribution in [2.45, 2.75) is 6.04 Å². The van der Waals surface area contributed by atoms with Gasteiger partial charge in [0.1, 0.15) is 16.5 Å². The van der Waals surface area contributed by atoms with E-state index in [1.807, 2.05) is 52.9 Å². The Morgan fingerprint density at radius 2 is 2.03 bits per heavy atom. The molecule has 1 amide bonds. The minimum absolute atomic E-state index is 0. The number of ether oxygens (including phenoxy) is 1. The van der Waals surface area contributed by atoms with Gasteiger partial charge >= 0.3 is 0 Å². The van der Waals surface area contributed by atoms with Crippen molar-refractivity contribution in [3.63, 3.8) is 0 Å². The molecule has 0 saturated carbocycles. The summed E-state index contributed by atoms with van der Waals surface area (Å²) in [6.45, 7) is 2.14. The van der Waals surface area contributed by atoms with E-state index < -0.39 is 0 Å². The average molecular weight is 453 g/mol. The zero-order valence-corrected chi connectivity index (χ0v) is 18.2. The van der Waals surface area contributed by atoms with Gasteiger partial charge in [-0.1, -0.05) is 6.07 Å². The molecule has 6 nitrogen and oxygen atoms in total. The first-order chi connectivity index (χ1) is 13.3. The Morgan fingerprint density at radius 3 is 2.72 bits per heavy atom. The number of carbonyl (C=O) groups is 1. The van der Waals surface area contributed by atoms with Gasteiger partial charge in [-0.3, -0.25) is 9.78 Å². The second-order valence-electron chi connectivity index (χ2n) is 6.27. The average Bonchev–Trinajstić information content (AvgIpc) is 3.24. The van der Waals surface area contributed by atoms with Gasteiger partial charge in [-0.2, -0.15) is 0 Å². The highest BCUT2D eigenvalue weighted by atomic mass is 35.5. The molecule has 1 aliphatic rings. The summed E-state index contributed by atoms with van der Waals surface area (Å²) < 4.78 is 5.19. The van der Waals surface area contributed by atoms with E-state index in [0.717, 1.165) is 28.4 Å². The van der Waals surface area contributed by atoms with Crippen LogP contribution in [0.25, 0.3) is 10.6 Å². The Hall–Kier alpha value is -2.19. The molecule has 29 heavy (non-hydrogen) atoms. The number of pyridine rings is 1. The van der Waals surface area contributed by atoms with Crippen LogP contribution in [0, 0.1) is 0 Å². The summed E-state index contributed by atoms with van der Waals surface area (Å²) in [5.41, 5.74) is 2.49. The molecule has 0 spiro atoms. The smallest absolute Gasteiger partial charge is 0.273 e. The summed E-state index contributed by atoms with van der Waals surface area (Å²) in [4.78, 5) is 23.8. The normalized spacial score (nSPS) is 15.8. The zero-order chi connectivity index (χ0) is 18.6. The number of carbonyl (C=O) groups excluding carboxylic acids is 1. The van der Waals surface area contributed by atoms with E-state index in [4.69, 9.17) is 4.74 Å². The number of halogens is 2. The molecule has 1 fully saturated rings. The lowest BCUT2D eigenvalue weighted by atomic mass is 10.0. The fourth-order valence-corrected chi connectivity index (χ4v) is 4.00. The summed E-state index contributed by atoms with van der Waals surface area (Å²) >= 11 is 1.48. The number of rotatable bonds is 4. The lowest BCUT2D eigenvalue weighted by Gasteiger charge is -2.36. The van der Waals surface area contributed by atoms with Gasteiger partial charge in [-0.25, -0.2) is 4.98 Å². The fraction of sp³-hybridized carbons (Fsp3) is 0.250. The van der Waals surface area contributed by atoms with E-state index in [-0.39, 0.29) is 36.8 Å². The summed E-state index contributed by atoms with van der Waals surface area (Å²) in [6.07, 6.45) is 3.56. The quantitative estimate of drug-likeness (QED) is 0.650. The molecule has 1 saturated heterocycles. The van der Waals surface area contributed by atoms with Crippen LogP contribution < -0.4 is 10.1 Å². The molecule has 1 unspecified atom stereocenters. The van der Waals surface area contributed by atoms with E-state index in [2.05, 4.69) is 15.3 Å². The Kier molecular flexibility index (Phi) is 8.40. The van der Waals surface area contributed by atoms with Crippen molar-refractivity contribution in [2.24, 2.45) is 0 Å². The van der Waals surface area contributed by atoms with Crippen LogP contribution in [0.15, 0.2) is 54.2 Å². The third-order valence-electron chi connectivity index (χ3n) is 4.63. The monoisotopic (exact) mass is 452 g/mol. The Morgan fingerprint density at radius 1 is 1.24 bits per heavy atom. The molecule has 1 atom stereocenters. The van der Waals surface area contributed by atoms with Crippen molar-refractivity contribution in [3.05, 3.63) is 65.4 Å². The maximum Gasteiger partial charge on any atom is 0.273 e. The largest absolute Gasteiger partial charge is 0.497 e. The molecule has 2 aromatic heterocycles. The zero-order valence-electron chi connectivity index (χ0n) is 15.8. The van der Waals surface area contributed by atoms with Crippen molar-refractivity contribution in [3.8, 4) is 16.3 Å². The first-order valence-electron chi connectivity index (χ1n) is 8.78. The molecule has 4 rings (SSSR count). The third kappa shape index (κ3) is 5.05. The van der Waals surface area contributed by atoms with Gasteiger partial charge < -0.3 is 15.0 Å². The number of amides is 1. The van der Waals surface area contributed by atoms with E-state index in [0.29, 0.717) is 18.8 Å². The number of aromatic nitrogens is 2. The van der Waals surface area contributed by atoms with Crippen LogP contribution in [-0.4, -0.2) is 47.5 Å². The molecular weight excluding hydrogens is 431 g/mol. The van der Waals surface area contributed by atoms with Crippen LogP contribution >= 0.6 is 36.2 Å². The van der Waals surface area contributed by atoms with Crippen LogP contribution in [-0.2, 0) is 0 Å². The minimum atomic E-state index is -0.0404. The van der Waals surface area contributed by atoms with Gasteiger partial charge in [0.05, 0.1) is 13.2 Å². The second kappa shape index (κ2) is 10.5. The van der Waals surface area contributed by atoms with Crippen molar-refractivity contribution >= 4 is 42.1 Å². The van der Waals surface area contributed by atoms with Crippen molar-refractivity contribution < 1.29 is 9.53 Å². The number of nitrogens with one attached hydrogen (secondary N) is 1. The Labute approximate surface area is 186 Å². The van der Waals surface area contributed by atoms with Crippen LogP contribution in [0.2, 0.25) is 0 Å². The molecule has 3 heterocycles. The van der Waals surface area contributed by atoms with Crippen LogP contribution in [0.1, 0.15) is 22.1 Å². The third-order valence-corrected chi connectivity index (χ3v) is 5.53. The number of methoxy groups -OCH3 is 1. The Balaban J connectivity index is 0.00000150. The predicted molar refractivity (Wildman–Crippen MR) is 119 cm³/mol. The number of thiazole rings is 1. The van der Waals surface area contributed by atoms with Gasteiger partial charge in [0.25, 0.3) is 5.91 Å². The molecule has 0 radical (unpaired) electrons. The first kappa shape index (κ1) is 23.1. The summed E-state index contributed by atoms with van der Waals surface area (Å²) in [6, 6.07) is 11.6. The van der Waals surface area contributed by atoms with Crippen LogP contribution in [0.3, 0.4) is 0 Å². The lowest BCUT2D eigenvalue weighted by Crippen LogP contribution is -2.48. The van der Waals surface area contributed by atoms with Gasteiger partial charge in [0, 0.05) is 43.0 Å². The summed E-state index contributed by atoms with van der Waals surface area (Å²) in [5, 5.41) is 6.03. The minimum Gasteiger partial charge on any atom is -0.497 e. The Bertz CT molecular complexity index is 922. The van der Waals surface area contributed by atoms with E-state index in [1.54, 1.807) is 13.3 Å². The number of benzene rings is 1. The van der Waals surface area contributed by atoms with Gasteiger partial charge in [0.2, 0.25) is 0 Å². The molecule has 0 aliphatic carbocycles. The summed E-state index contributed by atoms with van der Waals surface area (Å²) in [7, 11) is 1.64. The maximum absolute atomic E-state index is 13.1. The molecule has 9 heteroatoms. The van der Waals surface area contributed by atoms with Crippen molar-refractivity contribution in [1.29, 1.82) is 0 Å². The lowest BCUT2D eigenvalue weighted by molar-refractivity contribution is 0.0629. The predicted octanol–water partition coefficient (Wildman–Crippen LogP) is 3.84. The van der Waals surface area contributed by atoms with Crippen molar-refractivity contribution in [2.75, 3.05) is 26.7 Å². The van der Waals surface area contributed by atoms with Crippen LogP contribution in [0.4, 0.5) is 0 Å². The standard InChI is InChI=1S/C20H20N4O2S.2ClH/c1-26-16-6-4-14(5-7-16)19-23-17(13-27-19)20(25)24-10-9-22-12-18(24)15-3-2-8-21-11-15;;/h2-8,11,13,18,22H,9-10,12H2,1H3;2*1H. The van der Waals surface area contributed by atoms with Crippen molar-refractivity contribution in [1.82, 2.24) is 20.2 Å². The second-order valence-corrected chi connectivity index (χ2v) is 7.13. The summed E-state index contributed by atoms with van der Waals surface area (Å²) in [5.74, 6) is 0.757. The number of hydrogen-bond acceptors (Lipinski definition) is 6. The molecule has 1 aromatic carbocycles. The van der Waals surface area contributed by atoms with E-state index in [9.17, 15) is 4.79 Å². The van der Waals surface area contributed by atoms with E-state index >= 15 is 0 Å². The maximum atomic E-state index is 13.1. The number of nitrogens with zero attached hydrogens (tertiary/aromatic N) is 3. The number of piperazine rings is 1. The highest BCUT2D eigenvalue weighted by Gasteiger charge is 2.30. The van der Waals surface area contributed by atoms with Gasteiger partial charge in [0.15, 0.2) is 0 Å². The molecular formula is C20H22Cl2N4O2S. The van der Waals surface area contributed by atoms with E-state index in [1.165, 1.54) is 11.3 Å². The highest BCUT2D eigenvalue weighted by Crippen LogP contribution is 2.28. The topological polar surface area (TPSA) is 67.3 Å². The number of hydrogen-bond donors (Lipinski definition) is 1. The van der Waals surface area contributed by atoms with Crippen LogP contribution in [0.5, 0.6) is 5.75 Å². The van der Waals surface area contributed by atoms with Gasteiger partial charge in [-0.15, -0.1) is 36.2 Å². The fourth-order valence-electron chi connectivity index (χ4n) is 3.20. The highest BCUT2D eigenvalue weighted by molar-refractivity contribution is 7.13. The first-order valence-corrected chi connectivity index (χ1v) is 9.66. The molecule has 154 valence electrons. The molecule has 3 aromatic rings. The molecule has 0 bridgehead atoms. The molecule has 1 aliphatic heterocycles. The molecule has 1 N–H and O–H groups in total.